The van der Waals surface area contributed by atoms with Crippen LogP contribution in [0.25, 0.3) is 0 Å². The number of nitrogens with one attached hydrogen (secondary N) is 4. The smallest absolute Gasteiger partial charge is 0.356 e. The van der Waals surface area contributed by atoms with Gasteiger partial charge in [-0.15, -0.1) is 29.0 Å². The van der Waals surface area contributed by atoms with Crippen molar-refractivity contribution in [3.8, 4) is 23.0 Å². The first-order chi connectivity index (χ1) is 30.0. The van der Waals surface area contributed by atoms with E-state index in [1.807, 2.05) is 42.2 Å². The van der Waals surface area contributed by atoms with Gasteiger partial charge in [-0.05, 0) is 85.1 Å². The first-order valence-electron chi connectivity index (χ1n) is 20.1. The van der Waals surface area contributed by atoms with Crippen LogP contribution in [0, 0.1) is 0 Å². The van der Waals surface area contributed by atoms with Crippen LogP contribution in [-0.4, -0.2) is 90.9 Å². The number of urea groups is 1. The molecule has 62 heavy (non-hydrogen) atoms. The van der Waals surface area contributed by atoms with Gasteiger partial charge in [-0.3, -0.25) is 9.59 Å². The zero-order valence-electron chi connectivity index (χ0n) is 32.8. The molecule has 0 saturated carbocycles. The molecule has 0 bridgehead atoms. The highest BCUT2D eigenvalue weighted by Gasteiger charge is 2.54. The molecule has 0 radical (unpaired) electrons. The fourth-order valence-corrected chi connectivity index (χ4v) is 12.5. The van der Waals surface area contributed by atoms with Crippen molar-refractivity contribution in [2.24, 2.45) is 0 Å². The molecule has 3 fully saturated rings. The zero-order chi connectivity index (χ0) is 42.7. The number of esters is 1. The molecule has 6 N–H and O–H groups in total. The number of hydrogen-bond acceptors (Lipinski definition) is 14. The predicted molar refractivity (Wildman–Crippen MR) is 231 cm³/mol. The third-order valence-corrected chi connectivity index (χ3v) is 15.8. The largest absolute Gasteiger partial charge is 0.508 e. The van der Waals surface area contributed by atoms with E-state index in [2.05, 4.69) is 21.4 Å². The van der Waals surface area contributed by atoms with Crippen LogP contribution in [0.1, 0.15) is 63.1 Å². The number of unbranched alkanes of at least 4 members (excludes halogenated alkanes) is 1. The normalized spacial score (nSPS) is 23.3. The zero-order valence-corrected chi connectivity index (χ0v) is 35.2. The number of phenols is 2. The quantitative estimate of drug-likeness (QED) is 0.0243. The van der Waals surface area contributed by atoms with Gasteiger partial charge in [0, 0.05) is 74.5 Å². The minimum Gasteiger partial charge on any atom is -0.508 e. The van der Waals surface area contributed by atoms with Crippen molar-refractivity contribution in [2.75, 3.05) is 22.6 Å². The van der Waals surface area contributed by atoms with Gasteiger partial charge in [0.2, 0.25) is 5.91 Å². The highest BCUT2D eigenvalue weighted by atomic mass is 32.2. The highest BCUT2D eigenvalue weighted by molar-refractivity contribution is 8.01. The Hall–Kier alpha value is -5.82. The Morgan fingerprint density at radius 2 is 1.66 bits per heavy atom. The van der Waals surface area contributed by atoms with E-state index >= 15 is 0 Å². The van der Waals surface area contributed by atoms with Crippen LogP contribution < -0.4 is 26.2 Å². The fourth-order valence-electron chi connectivity index (χ4n) is 8.72. The first kappa shape index (κ1) is 40.3. The number of ether oxygens (including phenoxy) is 2. The van der Waals surface area contributed by atoms with Crippen LogP contribution in [0.15, 0.2) is 95.5 Å². The van der Waals surface area contributed by atoms with Crippen molar-refractivity contribution in [2.45, 2.75) is 64.9 Å². The summed E-state index contributed by atoms with van der Waals surface area (Å²) in [6.45, 7) is 0. The Kier molecular flexibility index (Phi) is 10.5. The Bertz CT molecular complexity index is 2520. The lowest BCUT2D eigenvalue weighted by Crippen LogP contribution is -2.67. The second-order valence-corrected chi connectivity index (χ2v) is 19.2. The summed E-state index contributed by atoms with van der Waals surface area (Å²) in [5.74, 6) is 0.855. The number of carbonyl (C=O) groups excluding carboxylic acids is 5. The lowest BCUT2D eigenvalue weighted by atomic mass is 9.77. The predicted octanol–water partition coefficient (Wildman–Crippen LogP) is 5.95. The molecule has 3 saturated heterocycles. The molecule has 318 valence electrons. The van der Waals surface area contributed by atoms with Crippen LogP contribution >= 0.6 is 35.3 Å². The molecule has 6 heterocycles. The number of β-lactam (4-membered cyclic amide) rings is 1. The maximum absolute atomic E-state index is 13.5. The van der Waals surface area contributed by atoms with E-state index in [1.54, 1.807) is 40.6 Å². The number of anilines is 1. The molecular formula is C44H39N5O10S3. The second-order valence-electron chi connectivity index (χ2n) is 15.7. The Morgan fingerprint density at radius 3 is 2.42 bits per heavy atom. The number of thioether (sulfide) groups is 3. The number of amides is 4. The minimum atomic E-state index is -1.55. The van der Waals surface area contributed by atoms with E-state index in [-0.39, 0.29) is 69.4 Å². The molecule has 5 atom stereocenters. The van der Waals surface area contributed by atoms with E-state index in [0.717, 1.165) is 41.2 Å². The molecule has 15 nitrogen and oxygen atoms in total. The number of fused-ring (bicyclic) bond motifs is 8. The summed E-state index contributed by atoms with van der Waals surface area (Å²) in [4.78, 5) is 72.4. The summed E-state index contributed by atoms with van der Waals surface area (Å²) in [6, 6.07) is 20.5. The monoisotopic (exact) mass is 893 g/mol. The molecular weight excluding hydrogens is 855 g/mol. The minimum absolute atomic E-state index is 0.0253. The number of rotatable bonds is 12. The SMILES string of the molecule is O=C(CCCC[C@H]1SC[C@H]2NC(=O)N[C@H]21)Nc1ccc(SCC2=CN3C(=O)[C@H](NOC(=O)c4ccc5c(c4)C4(OC5=O)c5ccc(O)cc5Oc5cc(O)ccc54)[C@@H]3SC2)cc1. The van der Waals surface area contributed by atoms with Crippen molar-refractivity contribution < 1.29 is 48.5 Å². The lowest BCUT2D eigenvalue weighted by molar-refractivity contribution is -0.146. The van der Waals surface area contributed by atoms with E-state index in [0.29, 0.717) is 39.9 Å². The number of nitrogens with zero attached hydrogens (tertiary/aromatic N) is 1. The van der Waals surface area contributed by atoms with E-state index in [9.17, 15) is 34.2 Å². The lowest BCUT2D eigenvalue weighted by Gasteiger charge is -2.46. The standard InChI is InChI=1S/C44H39N5O10S3/c50-25-8-13-29-33(16-25)57-34-17-26(51)9-14-30(34)44(29)31-15-23(5-12-28(31)42(55)58-44)41(54)59-48-38-39(53)49-18-22(20-62-40(38)49)19-60-27-10-6-24(7-11-27)45-36(52)4-2-1-3-35-37-32(21-61-35)46-43(56)47-37/h5-18,32,35,37-38,40,48,50-51H,1-4,19-21H2,(H,45,52)(H2,46,47,56)/t32-,35-,37-,38+,40+/m1/s1. The summed E-state index contributed by atoms with van der Waals surface area (Å²) >= 11 is 5.08. The van der Waals surface area contributed by atoms with Crippen LogP contribution in [0.5, 0.6) is 23.0 Å². The van der Waals surface area contributed by atoms with Crippen molar-refractivity contribution in [1.29, 1.82) is 0 Å². The molecule has 6 aliphatic heterocycles. The molecule has 10 rings (SSSR count). The molecule has 0 unspecified atom stereocenters. The van der Waals surface area contributed by atoms with Crippen molar-refractivity contribution in [1.82, 2.24) is 21.0 Å². The van der Waals surface area contributed by atoms with Gasteiger partial charge in [0.25, 0.3) is 5.91 Å². The highest BCUT2D eigenvalue weighted by Crippen LogP contribution is 2.57. The van der Waals surface area contributed by atoms with Gasteiger partial charge < -0.3 is 45.4 Å². The number of hydroxylamine groups is 1. The topological polar surface area (TPSA) is 205 Å². The van der Waals surface area contributed by atoms with Crippen molar-refractivity contribution in [3.63, 3.8) is 0 Å². The van der Waals surface area contributed by atoms with Crippen molar-refractivity contribution >= 4 is 70.8 Å². The molecule has 6 aliphatic rings. The van der Waals surface area contributed by atoms with Crippen LogP contribution in [0.2, 0.25) is 0 Å². The van der Waals surface area contributed by atoms with Gasteiger partial charge in [-0.25, -0.2) is 14.4 Å². The first-order valence-corrected chi connectivity index (χ1v) is 23.2. The molecule has 4 amide bonds. The van der Waals surface area contributed by atoms with E-state index < -0.39 is 23.6 Å². The maximum Gasteiger partial charge on any atom is 0.356 e. The third-order valence-electron chi connectivity index (χ3n) is 11.8. The number of aromatic hydroxyl groups is 2. The van der Waals surface area contributed by atoms with Crippen LogP contribution in [0.4, 0.5) is 10.5 Å². The molecule has 1 spiro atoms. The molecule has 0 aliphatic carbocycles. The van der Waals surface area contributed by atoms with Crippen LogP contribution in [0.3, 0.4) is 0 Å². The molecule has 0 aromatic heterocycles. The number of carbonyl (C=O) groups is 5. The second kappa shape index (κ2) is 16.1. The Labute approximate surface area is 367 Å². The third kappa shape index (κ3) is 7.27. The molecule has 4 aromatic rings. The van der Waals surface area contributed by atoms with Crippen molar-refractivity contribution in [3.05, 3.63) is 118 Å². The summed E-state index contributed by atoms with van der Waals surface area (Å²) < 4.78 is 12.1. The average molecular weight is 894 g/mol. The van der Waals surface area contributed by atoms with Gasteiger partial charge in [0.15, 0.2) is 11.6 Å². The summed E-state index contributed by atoms with van der Waals surface area (Å²) in [7, 11) is 0. The average Bonchev–Trinajstić information content (AvgIpc) is 3.91. The fraction of sp³-hybridized carbons (Fsp3) is 0.295. The molecule has 4 aromatic carbocycles. The Morgan fingerprint density at radius 1 is 0.903 bits per heavy atom. The van der Waals surface area contributed by atoms with E-state index in [4.69, 9.17) is 14.3 Å². The van der Waals surface area contributed by atoms with Gasteiger partial charge in [-0.2, -0.15) is 11.8 Å². The maximum atomic E-state index is 13.5. The summed E-state index contributed by atoms with van der Waals surface area (Å²) in [5.41, 5.74) is 4.41. The van der Waals surface area contributed by atoms with Crippen LogP contribution in [-0.2, 0) is 24.8 Å². The van der Waals surface area contributed by atoms with Gasteiger partial charge >= 0.3 is 18.0 Å². The summed E-state index contributed by atoms with van der Waals surface area (Å²) in [5, 5.41) is 29.5. The van der Waals surface area contributed by atoms with Gasteiger partial charge in [0.1, 0.15) is 28.4 Å². The van der Waals surface area contributed by atoms with E-state index in [1.165, 1.54) is 42.5 Å². The molecule has 18 heteroatoms. The number of phenolic OH excluding ortho intramolecular Hbond substituents is 2. The van der Waals surface area contributed by atoms with Gasteiger partial charge in [0.05, 0.1) is 23.2 Å². The van der Waals surface area contributed by atoms with Gasteiger partial charge in [-0.1, -0.05) is 6.42 Å². The Balaban J connectivity index is 0.712. The summed E-state index contributed by atoms with van der Waals surface area (Å²) in [6.07, 6.45) is 4.97. The number of hydrogen-bond donors (Lipinski definition) is 6. The number of benzene rings is 4.